The van der Waals surface area contributed by atoms with E-state index < -0.39 is 0 Å². The summed E-state index contributed by atoms with van der Waals surface area (Å²) in [5.41, 5.74) is -0.357. The molecule has 0 aliphatic carbocycles. The molecule has 0 bridgehead atoms. The van der Waals surface area contributed by atoms with E-state index >= 15 is 0 Å². The molecule has 1 heterocycles. The van der Waals surface area contributed by atoms with Crippen LogP contribution in [0.4, 0.5) is 0 Å². The molecule has 0 amide bonds. The summed E-state index contributed by atoms with van der Waals surface area (Å²) < 4.78 is 5.40. The lowest BCUT2D eigenvalue weighted by atomic mass is 9.92. The average molecular weight is 243 g/mol. The lowest BCUT2D eigenvalue weighted by molar-refractivity contribution is -0.162. The van der Waals surface area contributed by atoms with Gasteiger partial charge >= 0.3 is 5.97 Å². The van der Waals surface area contributed by atoms with Crippen LogP contribution in [0.1, 0.15) is 54.4 Å². The molecule has 17 heavy (non-hydrogen) atoms. The van der Waals surface area contributed by atoms with E-state index in [4.69, 9.17) is 4.74 Å². The van der Waals surface area contributed by atoms with Gasteiger partial charge in [-0.15, -0.1) is 0 Å². The first-order valence-electron chi connectivity index (χ1n) is 6.72. The summed E-state index contributed by atoms with van der Waals surface area (Å²) in [5, 5.41) is 0. The van der Waals surface area contributed by atoms with E-state index in [1.807, 2.05) is 34.6 Å². The highest BCUT2D eigenvalue weighted by Gasteiger charge is 2.31. The Morgan fingerprint density at radius 1 is 1.29 bits per heavy atom. The lowest BCUT2D eigenvalue weighted by Crippen LogP contribution is -2.41. The normalized spacial score (nSPS) is 25.8. The minimum Gasteiger partial charge on any atom is -0.460 e. The number of carbonyl (C=O) groups excluding carboxylic acids is 1. The predicted octanol–water partition coefficient (Wildman–Crippen LogP) is 3.08. The Hall–Kier alpha value is -0.570. The number of esters is 1. The second-order valence-corrected chi connectivity index (χ2v) is 5.58. The Balaban J connectivity index is 0.00000121. The minimum absolute atomic E-state index is 0.0255. The summed E-state index contributed by atoms with van der Waals surface area (Å²) in [5.74, 6) is 0.0675. The van der Waals surface area contributed by atoms with Crippen LogP contribution in [0.25, 0.3) is 0 Å². The van der Waals surface area contributed by atoms with Crippen LogP contribution >= 0.6 is 0 Å². The largest absolute Gasteiger partial charge is 0.460 e. The van der Waals surface area contributed by atoms with Crippen molar-refractivity contribution in [3.63, 3.8) is 0 Å². The maximum absolute atomic E-state index is 11.8. The summed E-state index contributed by atoms with van der Waals surface area (Å²) in [6.07, 6.45) is 1.85. The van der Waals surface area contributed by atoms with Crippen molar-refractivity contribution < 1.29 is 9.53 Å². The number of nitrogens with zero attached hydrogens (tertiary/aromatic N) is 1. The second kappa shape index (κ2) is 7.00. The van der Waals surface area contributed by atoms with Crippen molar-refractivity contribution in [2.45, 2.75) is 66.0 Å². The molecule has 0 radical (unpaired) electrons. The topological polar surface area (TPSA) is 29.5 Å². The van der Waals surface area contributed by atoms with Gasteiger partial charge in [-0.1, -0.05) is 13.8 Å². The first kappa shape index (κ1) is 16.4. The van der Waals surface area contributed by atoms with Gasteiger partial charge in [-0.3, -0.25) is 4.79 Å². The summed E-state index contributed by atoms with van der Waals surface area (Å²) in [4.78, 5) is 14.1. The van der Waals surface area contributed by atoms with Crippen molar-refractivity contribution in [2.75, 3.05) is 13.6 Å². The summed E-state index contributed by atoms with van der Waals surface area (Å²) in [6, 6.07) is 0.483. The molecular formula is C14H29NO2. The quantitative estimate of drug-likeness (QED) is 0.663. The Kier molecular flexibility index (Phi) is 6.76. The van der Waals surface area contributed by atoms with Crippen molar-refractivity contribution in [3.05, 3.63) is 0 Å². The van der Waals surface area contributed by atoms with Crippen molar-refractivity contribution >= 4 is 5.97 Å². The molecule has 1 rings (SSSR count). The fraction of sp³-hybridized carbons (Fsp3) is 0.929. The van der Waals surface area contributed by atoms with Gasteiger partial charge in [-0.05, 0) is 54.1 Å². The van der Waals surface area contributed by atoms with Crippen LogP contribution in [0.3, 0.4) is 0 Å². The van der Waals surface area contributed by atoms with Gasteiger partial charge in [0.2, 0.25) is 0 Å². The second-order valence-electron chi connectivity index (χ2n) is 5.58. The first-order valence-corrected chi connectivity index (χ1v) is 6.72. The summed E-state index contributed by atoms with van der Waals surface area (Å²) >= 11 is 0. The van der Waals surface area contributed by atoms with Gasteiger partial charge in [0.15, 0.2) is 0 Å². The van der Waals surface area contributed by atoms with Gasteiger partial charge < -0.3 is 9.64 Å². The Labute approximate surface area is 107 Å². The molecule has 0 saturated carbocycles. The number of hydrogen-bond acceptors (Lipinski definition) is 3. The number of hydrogen-bond donors (Lipinski definition) is 0. The van der Waals surface area contributed by atoms with Crippen LogP contribution in [0.15, 0.2) is 0 Å². The van der Waals surface area contributed by atoms with Gasteiger partial charge in [0.25, 0.3) is 0 Å². The average Bonchev–Trinajstić information content (AvgIpc) is 2.22. The van der Waals surface area contributed by atoms with E-state index in [2.05, 4.69) is 18.9 Å². The van der Waals surface area contributed by atoms with E-state index in [0.717, 1.165) is 19.4 Å². The lowest BCUT2D eigenvalue weighted by Gasteiger charge is -2.35. The number of carbonyl (C=O) groups is 1. The fourth-order valence-electron chi connectivity index (χ4n) is 1.89. The van der Waals surface area contributed by atoms with Gasteiger partial charge in [-0.25, -0.2) is 0 Å². The van der Waals surface area contributed by atoms with Crippen LogP contribution in [0.2, 0.25) is 0 Å². The fourth-order valence-corrected chi connectivity index (χ4v) is 1.89. The molecule has 3 nitrogen and oxygen atoms in total. The van der Waals surface area contributed by atoms with E-state index in [-0.39, 0.29) is 17.5 Å². The summed E-state index contributed by atoms with van der Waals surface area (Å²) in [6.45, 7) is 12.9. The molecule has 2 unspecified atom stereocenters. The smallest absolute Gasteiger partial charge is 0.309 e. The van der Waals surface area contributed by atoms with E-state index in [1.54, 1.807) is 0 Å². The van der Waals surface area contributed by atoms with Crippen molar-refractivity contribution in [2.24, 2.45) is 5.92 Å². The SMILES string of the molecule is CC.CC1CC(C(=O)OC(C)(C)C)CCN1C. The Bertz CT molecular complexity index is 233. The molecule has 0 aromatic rings. The van der Waals surface area contributed by atoms with Crippen LogP contribution in [-0.4, -0.2) is 36.1 Å². The Morgan fingerprint density at radius 2 is 1.82 bits per heavy atom. The predicted molar refractivity (Wildman–Crippen MR) is 72.0 cm³/mol. The number of likely N-dealkylation sites (tertiary alicyclic amines) is 1. The number of piperidine rings is 1. The molecule has 0 aromatic heterocycles. The van der Waals surface area contributed by atoms with E-state index in [9.17, 15) is 4.79 Å². The van der Waals surface area contributed by atoms with E-state index in [1.165, 1.54) is 0 Å². The van der Waals surface area contributed by atoms with Crippen LogP contribution in [-0.2, 0) is 9.53 Å². The standard InChI is InChI=1S/C12H23NO2.C2H6/c1-9-8-10(6-7-13(9)5)11(14)15-12(2,3)4;1-2/h9-10H,6-8H2,1-5H3;1-2H3. The van der Waals surface area contributed by atoms with Gasteiger partial charge in [0, 0.05) is 6.04 Å². The first-order chi connectivity index (χ1) is 7.79. The minimum atomic E-state index is -0.357. The van der Waals surface area contributed by atoms with Crippen molar-refractivity contribution in [3.8, 4) is 0 Å². The van der Waals surface area contributed by atoms with Gasteiger partial charge in [0.1, 0.15) is 5.60 Å². The highest BCUT2D eigenvalue weighted by Crippen LogP contribution is 2.24. The van der Waals surface area contributed by atoms with Crippen molar-refractivity contribution in [1.29, 1.82) is 0 Å². The molecule has 1 aliphatic heterocycles. The third-order valence-corrected chi connectivity index (χ3v) is 2.95. The van der Waals surface area contributed by atoms with E-state index in [0.29, 0.717) is 6.04 Å². The maximum Gasteiger partial charge on any atom is 0.309 e. The highest BCUT2D eigenvalue weighted by atomic mass is 16.6. The third-order valence-electron chi connectivity index (χ3n) is 2.95. The molecule has 1 saturated heterocycles. The third kappa shape index (κ3) is 6.06. The molecule has 0 spiro atoms. The molecule has 0 N–H and O–H groups in total. The van der Waals surface area contributed by atoms with Gasteiger partial charge in [-0.2, -0.15) is 0 Å². The maximum atomic E-state index is 11.8. The zero-order valence-electron chi connectivity index (χ0n) is 12.5. The molecule has 1 fully saturated rings. The molecule has 3 heteroatoms. The van der Waals surface area contributed by atoms with Crippen molar-refractivity contribution in [1.82, 2.24) is 4.90 Å². The number of ether oxygens (including phenoxy) is 1. The number of rotatable bonds is 1. The van der Waals surface area contributed by atoms with Crippen LogP contribution < -0.4 is 0 Å². The van der Waals surface area contributed by atoms with Crippen LogP contribution in [0, 0.1) is 5.92 Å². The highest BCUT2D eigenvalue weighted by molar-refractivity contribution is 5.73. The molecule has 0 aromatic carbocycles. The monoisotopic (exact) mass is 243 g/mol. The van der Waals surface area contributed by atoms with Crippen LogP contribution in [0.5, 0.6) is 0 Å². The molecule has 2 atom stereocenters. The summed E-state index contributed by atoms with van der Waals surface area (Å²) in [7, 11) is 2.11. The zero-order chi connectivity index (χ0) is 13.6. The van der Waals surface area contributed by atoms with Gasteiger partial charge in [0.05, 0.1) is 5.92 Å². The zero-order valence-corrected chi connectivity index (χ0v) is 12.5. The molecule has 1 aliphatic rings. The molecule has 102 valence electrons. The molecular weight excluding hydrogens is 214 g/mol. The Morgan fingerprint density at radius 3 is 2.24 bits per heavy atom.